The van der Waals surface area contributed by atoms with Crippen LogP contribution in [0.2, 0.25) is 0 Å². The number of nitrogens with one attached hydrogen (secondary N) is 3. The van der Waals surface area contributed by atoms with Gasteiger partial charge in [-0.05, 0) is 23.8 Å². The lowest BCUT2D eigenvalue weighted by Gasteiger charge is -2.16. The number of hydrogen-bond acceptors (Lipinski definition) is 4. The minimum atomic E-state index is -4.44. The summed E-state index contributed by atoms with van der Waals surface area (Å²) >= 11 is 0. The fraction of sp³-hybridized carbons (Fsp3) is 0.368. The van der Waals surface area contributed by atoms with Gasteiger partial charge in [-0.2, -0.15) is 13.2 Å². The number of pyridine rings is 1. The molecule has 2 aromatic rings. The van der Waals surface area contributed by atoms with Crippen LogP contribution in [0.25, 0.3) is 0 Å². The van der Waals surface area contributed by atoms with E-state index in [1.54, 1.807) is 7.05 Å². The molecule has 0 saturated carbocycles. The lowest BCUT2D eigenvalue weighted by atomic mass is 10.1. The van der Waals surface area contributed by atoms with Gasteiger partial charge < -0.3 is 20.7 Å². The zero-order chi connectivity index (χ0) is 20.0. The number of anilines is 1. The van der Waals surface area contributed by atoms with Crippen LogP contribution in [0.1, 0.15) is 11.1 Å². The predicted octanol–water partition coefficient (Wildman–Crippen LogP) is 2.68. The third-order valence-corrected chi connectivity index (χ3v) is 4.26. The molecular formula is C19H22F3N5O. The molecule has 0 saturated heterocycles. The Morgan fingerprint density at radius 2 is 2.00 bits per heavy atom. The van der Waals surface area contributed by atoms with Gasteiger partial charge >= 0.3 is 6.18 Å². The van der Waals surface area contributed by atoms with Crippen molar-refractivity contribution in [2.24, 2.45) is 4.99 Å². The van der Waals surface area contributed by atoms with Crippen LogP contribution in [0.15, 0.2) is 47.6 Å². The molecule has 2 heterocycles. The van der Waals surface area contributed by atoms with Gasteiger partial charge in [0.1, 0.15) is 17.7 Å². The van der Waals surface area contributed by atoms with E-state index in [0.29, 0.717) is 19.0 Å². The van der Waals surface area contributed by atoms with Crippen molar-refractivity contribution in [1.82, 2.24) is 15.6 Å². The maximum absolute atomic E-state index is 13.0. The van der Waals surface area contributed by atoms with Crippen LogP contribution in [0.4, 0.5) is 19.0 Å². The summed E-state index contributed by atoms with van der Waals surface area (Å²) in [5, 5.41) is 8.93. The third kappa shape index (κ3) is 5.05. The number of rotatable bonds is 6. The fourth-order valence-corrected chi connectivity index (χ4v) is 2.94. The number of nitrogens with zero attached hydrogens (tertiary/aromatic N) is 2. The Labute approximate surface area is 161 Å². The number of benzene rings is 1. The number of fused-ring (bicyclic) bond motifs is 1. The van der Waals surface area contributed by atoms with E-state index < -0.39 is 11.7 Å². The fourth-order valence-electron chi connectivity index (χ4n) is 2.94. The molecule has 0 aliphatic carbocycles. The SMILES string of the molecule is CN=C(NCCNc1ncccc1C(F)(F)F)NCC1Cc2ccccc2O1. The smallest absolute Gasteiger partial charge is 0.419 e. The van der Waals surface area contributed by atoms with E-state index in [4.69, 9.17) is 4.74 Å². The van der Waals surface area contributed by atoms with E-state index in [0.717, 1.165) is 18.2 Å². The van der Waals surface area contributed by atoms with Gasteiger partial charge in [0.05, 0.1) is 12.1 Å². The number of hydrogen-bond donors (Lipinski definition) is 3. The van der Waals surface area contributed by atoms with Crippen molar-refractivity contribution < 1.29 is 17.9 Å². The second kappa shape index (κ2) is 8.81. The molecule has 1 aromatic carbocycles. The molecule has 150 valence electrons. The lowest BCUT2D eigenvalue weighted by Crippen LogP contribution is -2.43. The summed E-state index contributed by atoms with van der Waals surface area (Å²) in [6, 6.07) is 10.2. The largest absolute Gasteiger partial charge is 0.488 e. The molecule has 1 aromatic heterocycles. The lowest BCUT2D eigenvalue weighted by molar-refractivity contribution is -0.137. The minimum Gasteiger partial charge on any atom is -0.488 e. The van der Waals surface area contributed by atoms with E-state index >= 15 is 0 Å². The Bertz CT molecular complexity index is 800. The van der Waals surface area contributed by atoms with Crippen molar-refractivity contribution in [1.29, 1.82) is 0 Å². The van der Waals surface area contributed by atoms with Crippen LogP contribution in [0.3, 0.4) is 0 Å². The van der Waals surface area contributed by atoms with E-state index in [-0.39, 0.29) is 18.5 Å². The number of para-hydroxylation sites is 1. The zero-order valence-corrected chi connectivity index (χ0v) is 15.4. The van der Waals surface area contributed by atoms with Crippen LogP contribution in [0.5, 0.6) is 5.75 Å². The number of alkyl halides is 3. The highest BCUT2D eigenvalue weighted by molar-refractivity contribution is 5.79. The summed E-state index contributed by atoms with van der Waals surface area (Å²) in [4.78, 5) is 7.88. The molecule has 1 aliphatic heterocycles. The Balaban J connectivity index is 1.41. The normalized spacial score (nSPS) is 16.3. The highest BCUT2D eigenvalue weighted by Gasteiger charge is 2.33. The van der Waals surface area contributed by atoms with E-state index in [2.05, 4.69) is 25.9 Å². The van der Waals surface area contributed by atoms with E-state index in [1.165, 1.54) is 17.8 Å². The van der Waals surface area contributed by atoms with Gasteiger partial charge in [0.2, 0.25) is 0 Å². The Morgan fingerprint density at radius 3 is 2.75 bits per heavy atom. The van der Waals surface area contributed by atoms with Crippen LogP contribution < -0.4 is 20.7 Å². The molecule has 0 radical (unpaired) electrons. The first-order valence-corrected chi connectivity index (χ1v) is 8.92. The molecular weight excluding hydrogens is 371 g/mol. The van der Waals surface area contributed by atoms with Gasteiger partial charge in [-0.25, -0.2) is 4.98 Å². The quantitative estimate of drug-likeness (QED) is 0.400. The molecule has 0 amide bonds. The maximum Gasteiger partial charge on any atom is 0.419 e. The number of aliphatic imine (C=N–C) groups is 1. The highest BCUT2D eigenvalue weighted by atomic mass is 19.4. The molecule has 0 bridgehead atoms. The number of aromatic nitrogens is 1. The van der Waals surface area contributed by atoms with Crippen molar-refractivity contribution in [2.75, 3.05) is 32.0 Å². The van der Waals surface area contributed by atoms with Crippen molar-refractivity contribution in [3.63, 3.8) is 0 Å². The second-order valence-electron chi connectivity index (χ2n) is 6.26. The first-order chi connectivity index (χ1) is 13.5. The first-order valence-electron chi connectivity index (χ1n) is 8.92. The molecule has 9 heteroatoms. The molecule has 3 rings (SSSR count). The minimum absolute atomic E-state index is 0.0111. The van der Waals surface area contributed by atoms with Gasteiger partial charge in [0.25, 0.3) is 0 Å². The van der Waals surface area contributed by atoms with Crippen molar-refractivity contribution in [3.05, 3.63) is 53.7 Å². The van der Waals surface area contributed by atoms with Gasteiger partial charge in [0.15, 0.2) is 5.96 Å². The Morgan fingerprint density at radius 1 is 1.18 bits per heavy atom. The van der Waals surface area contributed by atoms with Crippen LogP contribution in [0, 0.1) is 0 Å². The zero-order valence-electron chi connectivity index (χ0n) is 15.4. The first kappa shape index (κ1) is 19.8. The summed E-state index contributed by atoms with van der Waals surface area (Å²) in [5.41, 5.74) is 0.396. The van der Waals surface area contributed by atoms with Crippen molar-refractivity contribution >= 4 is 11.8 Å². The molecule has 0 spiro atoms. The van der Waals surface area contributed by atoms with E-state index in [9.17, 15) is 13.2 Å². The van der Waals surface area contributed by atoms with Gasteiger partial charge in [0, 0.05) is 32.8 Å². The number of guanidine groups is 1. The Kier molecular flexibility index (Phi) is 6.23. The standard InChI is InChI=1S/C19H22F3N5O/c1-23-18(27-12-14-11-13-5-2-3-7-16(13)28-14)26-10-9-25-17-15(19(20,21)22)6-4-8-24-17/h2-8,14H,9-12H2,1H3,(H,24,25)(H2,23,26,27). The van der Waals surface area contributed by atoms with Gasteiger partial charge in [-0.15, -0.1) is 0 Å². The second-order valence-corrected chi connectivity index (χ2v) is 6.26. The highest BCUT2D eigenvalue weighted by Crippen LogP contribution is 2.33. The summed E-state index contributed by atoms with van der Waals surface area (Å²) < 4.78 is 44.7. The third-order valence-electron chi connectivity index (χ3n) is 4.26. The summed E-state index contributed by atoms with van der Waals surface area (Å²) in [7, 11) is 1.63. The van der Waals surface area contributed by atoms with Crippen LogP contribution >= 0.6 is 0 Å². The molecule has 0 fully saturated rings. The van der Waals surface area contributed by atoms with Gasteiger partial charge in [-0.3, -0.25) is 4.99 Å². The average molecular weight is 393 g/mol. The topological polar surface area (TPSA) is 70.6 Å². The van der Waals surface area contributed by atoms with Crippen molar-refractivity contribution in [2.45, 2.75) is 18.7 Å². The molecule has 1 atom stereocenters. The van der Waals surface area contributed by atoms with E-state index in [1.807, 2.05) is 24.3 Å². The number of halogens is 3. The predicted molar refractivity (Wildman–Crippen MR) is 102 cm³/mol. The molecule has 6 nitrogen and oxygen atoms in total. The molecule has 3 N–H and O–H groups in total. The summed E-state index contributed by atoms with van der Waals surface area (Å²) in [6.45, 7) is 1.20. The molecule has 1 unspecified atom stereocenters. The average Bonchev–Trinajstić information content (AvgIpc) is 3.10. The monoisotopic (exact) mass is 393 g/mol. The van der Waals surface area contributed by atoms with Gasteiger partial charge in [-0.1, -0.05) is 18.2 Å². The number of ether oxygens (including phenoxy) is 1. The summed E-state index contributed by atoms with van der Waals surface area (Å²) in [5.74, 6) is 1.27. The maximum atomic E-state index is 13.0. The van der Waals surface area contributed by atoms with Crippen LogP contribution in [-0.2, 0) is 12.6 Å². The van der Waals surface area contributed by atoms with Crippen LogP contribution in [-0.4, -0.2) is 43.7 Å². The summed E-state index contributed by atoms with van der Waals surface area (Å²) in [6.07, 6.45) is -2.29. The molecule has 28 heavy (non-hydrogen) atoms. The molecule has 1 aliphatic rings. The Hall–Kier alpha value is -2.97. The van der Waals surface area contributed by atoms with Crippen molar-refractivity contribution in [3.8, 4) is 5.75 Å².